The lowest BCUT2D eigenvalue weighted by atomic mass is 9.76. The Kier molecular flexibility index (Phi) is 4.58. The molecule has 1 aliphatic rings. The standard InChI is InChI=1S/C23H22ClNO/c1-25-15-14-22(25)20-13-12-19(24)16-21(20)23(26,17-8-4-2-5-9-17)18-10-6-3-7-11-18/h2-13,16,22,26H,14-15H2,1H3. The minimum Gasteiger partial charge on any atom is -0.376 e. The van der Waals surface area contributed by atoms with Crippen LogP contribution in [0, 0.1) is 0 Å². The molecule has 1 atom stereocenters. The molecule has 4 rings (SSSR count). The number of hydrogen-bond acceptors (Lipinski definition) is 2. The van der Waals surface area contributed by atoms with E-state index in [1.807, 2.05) is 72.8 Å². The van der Waals surface area contributed by atoms with E-state index in [0.29, 0.717) is 11.1 Å². The van der Waals surface area contributed by atoms with Crippen molar-refractivity contribution in [3.05, 3.63) is 106 Å². The predicted molar refractivity (Wildman–Crippen MR) is 106 cm³/mol. The highest BCUT2D eigenvalue weighted by atomic mass is 35.5. The lowest BCUT2D eigenvalue weighted by molar-refractivity contribution is 0.104. The van der Waals surface area contributed by atoms with E-state index in [2.05, 4.69) is 18.0 Å². The molecule has 0 aromatic heterocycles. The van der Waals surface area contributed by atoms with Crippen LogP contribution in [0.3, 0.4) is 0 Å². The zero-order valence-corrected chi connectivity index (χ0v) is 15.5. The van der Waals surface area contributed by atoms with Crippen LogP contribution in [0.4, 0.5) is 0 Å². The van der Waals surface area contributed by atoms with Gasteiger partial charge in [-0.25, -0.2) is 0 Å². The summed E-state index contributed by atoms with van der Waals surface area (Å²) in [6.07, 6.45) is 1.09. The van der Waals surface area contributed by atoms with Crippen molar-refractivity contribution < 1.29 is 5.11 Å². The van der Waals surface area contributed by atoms with E-state index >= 15 is 0 Å². The van der Waals surface area contributed by atoms with E-state index in [1.54, 1.807) is 0 Å². The molecule has 132 valence electrons. The van der Waals surface area contributed by atoms with Crippen molar-refractivity contribution in [1.82, 2.24) is 4.90 Å². The highest BCUT2D eigenvalue weighted by molar-refractivity contribution is 6.30. The van der Waals surface area contributed by atoms with Gasteiger partial charge in [-0.1, -0.05) is 78.3 Å². The molecule has 0 saturated carbocycles. The fourth-order valence-corrected chi connectivity index (χ4v) is 4.05. The summed E-state index contributed by atoms with van der Waals surface area (Å²) in [6.45, 7) is 1.07. The summed E-state index contributed by atoms with van der Waals surface area (Å²) in [7, 11) is 2.12. The summed E-state index contributed by atoms with van der Waals surface area (Å²) >= 11 is 6.38. The molecule has 0 aliphatic carbocycles. The second-order valence-electron chi connectivity index (χ2n) is 6.96. The monoisotopic (exact) mass is 363 g/mol. The van der Waals surface area contributed by atoms with Crippen molar-refractivity contribution in [3.63, 3.8) is 0 Å². The van der Waals surface area contributed by atoms with Gasteiger partial charge < -0.3 is 5.11 Å². The van der Waals surface area contributed by atoms with Crippen molar-refractivity contribution in [3.8, 4) is 0 Å². The van der Waals surface area contributed by atoms with Gasteiger partial charge in [0.1, 0.15) is 5.60 Å². The molecule has 1 heterocycles. The van der Waals surface area contributed by atoms with E-state index in [1.165, 1.54) is 0 Å². The molecule has 1 N–H and O–H groups in total. The van der Waals surface area contributed by atoms with Gasteiger partial charge in [-0.2, -0.15) is 0 Å². The average molecular weight is 364 g/mol. The molecule has 0 spiro atoms. The first-order chi connectivity index (χ1) is 12.6. The molecule has 3 aromatic rings. The first-order valence-electron chi connectivity index (χ1n) is 8.94. The minimum absolute atomic E-state index is 0.307. The molecule has 3 aromatic carbocycles. The molecule has 1 aliphatic heterocycles. The van der Waals surface area contributed by atoms with Crippen LogP contribution in [0.1, 0.15) is 34.7 Å². The van der Waals surface area contributed by atoms with E-state index in [9.17, 15) is 5.11 Å². The Hall–Kier alpha value is -2.13. The Labute approximate surface area is 159 Å². The van der Waals surface area contributed by atoms with Crippen molar-refractivity contribution >= 4 is 11.6 Å². The number of nitrogens with zero attached hydrogens (tertiary/aromatic N) is 1. The van der Waals surface area contributed by atoms with Gasteiger partial charge >= 0.3 is 0 Å². The molecule has 26 heavy (non-hydrogen) atoms. The highest BCUT2D eigenvalue weighted by Gasteiger charge is 2.39. The van der Waals surface area contributed by atoms with Crippen LogP contribution in [-0.2, 0) is 5.60 Å². The van der Waals surface area contributed by atoms with Crippen molar-refractivity contribution in [2.75, 3.05) is 13.6 Å². The lowest BCUT2D eigenvalue weighted by Gasteiger charge is -2.42. The smallest absolute Gasteiger partial charge is 0.140 e. The first-order valence-corrected chi connectivity index (χ1v) is 9.32. The Morgan fingerprint density at radius 2 is 1.50 bits per heavy atom. The summed E-state index contributed by atoms with van der Waals surface area (Å²) in [6, 6.07) is 25.9. The maximum Gasteiger partial charge on any atom is 0.140 e. The fraction of sp³-hybridized carbons (Fsp3) is 0.217. The molecule has 0 radical (unpaired) electrons. The number of likely N-dealkylation sites (tertiary alicyclic amines) is 1. The second kappa shape index (κ2) is 6.88. The Morgan fingerprint density at radius 1 is 0.923 bits per heavy atom. The predicted octanol–water partition coefficient (Wildman–Crippen LogP) is 5.00. The van der Waals surface area contributed by atoms with Crippen LogP contribution >= 0.6 is 11.6 Å². The third kappa shape index (κ3) is 2.84. The Bertz CT molecular complexity index is 855. The summed E-state index contributed by atoms with van der Waals surface area (Å²) < 4.78 is 0. The molecule has 1 unspecified atom stereocenters. The van der Waals surface area contributed by atoms with Gasteiger partial charge in [0.05, 0.1) is 0 Å². The number of benzene rings is 3. The molecule has 0 bridgehead atoms. The number of halogens is 1. The van der Waals surface area contributed by atoms with Crippen LogP contribution in [-0.4, -0.2) is 23.6 Å². The minimum atomic E-state index is -1.25. The number of rotatable bonds is 4. The van der Waals surface area contributed by atoms with Crippen molar-refractivity contribution in [2.45, 2.75) is 18.1 Å². The van der Waals surface area contributed by atoms with Gasteiger partial charge in [-0.3, -0.25) is 4.90 Å². The topological polar surface area (TPSA) is 23.5 Å². The van der Waals surface area contributed by atoms with Crippen molar-refractivity contribution in [1.29, 1.82) is 0 Å². The summed E-state index contributed by atoms with van der Waals surface area (Å²) in [5, 5.41) is 12.7. The molecule has 1 saturated heterocycles. The third-order valence-electron chi connectivity index (χ3n) is 5.43. The molecule has 3 heteroatoms. The van der Waals surface area contributed by atoms with E-state index < -0.39 is 5.60 Å². The Morgan fingerprint density at radius 3 is 1.96 bits per heavy atom. The largest absolute Gasteiger partial charge is 0.376 e. The number of aliphatic hydroxyl groups is 1. The van der Waals surface area contributed by atoms with Crippen LogP contribution in [0.2, 0.25) is 5.02 Å². The van der Waals surface area contributed by atoms with Gasteiger partial charge in [0.25, 0.3) is 0 Å². The zero-order valence-electron chi connectivity index (χ0n) is 14.8. The summed E-state index contributed by atoms with van der Waals surface area (Å²) in [4.78, 5) is 2.31. The maximum absolute atomic E-state index is 12.1. The highest BCUT2D eigenvalue weighted by Crippen LogP contribution is 2.44. The van der Waals surface area contributed by atoms with Crippen LogP contribution in [0.15, 0.2) is 78.9 Å². The molecular formula is C23H22ClNO. The van der Waals surface area contributed by atoms with Gasteiger partial charge in [0, 0.05) is 17.6 Å². The van der Waals surface area contributed by atoms with Crippen molar-refractivity contribution in [2.24, 2.45) is 0 Å². The van der Waals surface area contributed by atoms with Gasteiger partial charge in [-0.15, -0.1) is 0 Å². The van der Waals surface area contributed by atoms with E-state index in [-0.39, 0.29) is 0 Å². The second-order valence-corrected chi connectivity index (χ2v) is 7.40. The molecule has 1 fully saturated rings. The molecular weight excluding hydrogens is 342 g/mol. The average Bonchev–Trinajstić information content (AvgIpc) is 2.69. The zero-order chi connectivity index (χ0) is 18.1. The summed E-state index contributed by atoms with van der Waals surface area (Å²) in [5.41, 5.74) is 2.44. The maximum atomic E-state index is 12.1. The van der Waals surface area contributed by atoms with E-state index in [0.717, 1.165) is 35.2 Å². The molecule has 0 amide bonds. The number of hydrogen-bond donors (Lipinski definition) is 1. The lowest BCUT2D eigenvalue weighted by Crippen LogP contribution is -2.40. The summed E-state index contributed by atoms with van der Waals surface area (Å²) in [5.74, 6) is 0. The normalized spacial score (nSPS) is 17.7. The third-order valence-corrected chi connectivity index (χ3v) is 5.67. The van der Waals surface area contributed by atoms with Crippen LogP contribution < -0.4 is 0 Å². The van der Waals surface area contributed by atoms with Gasteiger partial charge in [0.2, 0.25) is 0 Å². The van der Waals surface area contributed by atoms with Crippen LogP contribution in [0.25, 0.3) is 0 Å². The van der Waals surface area contributed by atoms with E-state index in [4.69, 9.17) is 11.6 Å². The Balaban J connectivity index is 1.98. The SMILES string of the molecule is CN1CCC1c1ccc(Cl)cc1C(O)(c1ccccc1)c1ccccc1. The molecule has 2 nitrogen and oxygen atoms in total. The van der Waals surface area contributed by atoms with Gasteiger partial charge in [0.15, 0.2) is 0 Å². The van der Waals surface area contributed by atoms with Gasteiger partial charge in [-0.05, 0) is 47.9 Å². The van der Waals surface area contributed by atoms with Crippen LogP contribution in [0.5, 0.6) is 0 Å². The first kappa shape index (κ1) is 17.3. The quantitative estimate of drug-likeness (QED) is 0.659. The fourth-order valence-electron chi connectivity index (χ4n) is 3.88.